The van der Waals surface area contributed by atoms with Gasteiger partial charge in [0, 0.05) is 0 Å². The van der Waals surface area contributed by atoms with E-state index in [0.29, 0.717) is 12.2 Å². The molecule has 0 saturated heterocycles. The van der Waals surface area contributed by atoms with Crippen molar-refractivity contribution < 1.29 is 14.2 Å². The van der Waals surface area contributed by atoms with E-state index in [4.69, 9.17) is 4.74 Å². The quantitative estimate of drug-likeness (QED) is 0.902. The van der Waals surface area contributed by atoms with Gasteiger partial charge in [0.25, 0.3) is 0 Å². The summed E-state index contributed by atoms with van der Waals surface area (Å²) in [7, 11) is 0. The lowest BCUT2D eigenvalue weighted by molar-refractivity contribution is 0.198. The number of hydrogen-bond donors (Lipinski definition) is 1. The fraction of sp³-hybridized carbons (Fsp3) is 0.231. The third-order valence-corrected chi connectivity index (χ3v) is 3.14. The summed E-state index contributed by atoms with van der Waals surface area (Å²) < 4.78 is 19.0. The minimum Gasteiger partial charge on any atom is -0.486 e. The third kappa shape index (κ3) is 3.05. The van der Waals surface area contributed by atoms with Crippen molar-refractivity contribution in [1.82, 2.24) is 0 Å². The fourth-order valence-electron chi connectivity index (χ4n) is 1.43. The molecule has 0 bridgehead atoms. The molecule has 0 aliphatic rings. The van der Waals surface area contributed by atoms with E-state index in [9.17, 15) is 9.50 Å². The van der Waals surface area contributed by atoms with Crippen molar-refractivity contribution in [3.05, 3.63) is 52.0 Å². The van der Waals surface area contributed by atoms with E-state index in [-0.39, 0.29) is 5.75 Å². The number of aliphatic hydroxyl groups is 1. The zero-order valence-electron chi connectivity index (χ0n) is 9.39. The summed E-state index contributed by atoms with van der Waals surface area (Å²) in [6.07, 6.45) is -0.671. The number of hydrogen-bond acceptors (Lipinski definition) is 3. The average molecular weight is 252 g/mol. The van der Waals surface area contributed by atoms with E-state index in [1.807, 2.05) is 16.8 Å². The van der Waals surface area contributed by atoms with Gasteiger partial charge in [-0.1, -0.05) is 6.07 Å². The van der Waals surface area contributed by atoms with Gasteiger partial charge in [0.15, 0.2) is 11.6 Å². The lowest BCUT2D eigenvalue weighted by atomic mass is 10.1. The predicted molar refractivity (Wildman–Crippen MR) is 65.7 cm³/mol. The Morgan fingerprint density at radius 3 is 2.82 bits per heavy atom. The maximum absolute atomic E-state index is 13.6. The molecule has 0 saturated carbocycles. The predicted octanol–water partition coefficient (Wildman–Crippen LogP) is 3.52. The van der Waals surface area contributed by atoms with Gasteiger partial charge in [0.2, 0.25) is 0 Å². The van der Waals surface area contributed by atoms with Crippen LogP contribution in [0, 0.1) is 5.82 Å². The third-order valence-electron chi connectivity index (χ3n) is 2.41. The van der Waals surface area contributed by atoms with Crippen molar-refractivity contribution >= 4 is 11.3 Å². The zero-order chi connectivity index (χ0) is 12.3. The second-order valence-electron chi connectivity index (χ2n) is 3.79. The van der Waals surface area contributed by atoms with Gasteiger partial charge in [-0.05, 0) is 47.0 Å². The summed E-state index contributed by atoms with van der Waals surface area (Å²) in [5.74, 6) is -0.237. The highest BCUT2D eigenvalue weighted by atomic mass is 32.1. The van der Waals surface area contributed by atoms with Gasteiger partial charge in [0.1, 0.15) is 6.61 Å². The van der Waals surface area contributed by atoms with Crippen LogP contribution in [0.25, 0.3) is 0 Å². The minimum absolute atomic E-state index is 0.209. The molecule has 1 atom stereocenters. The van der Waals surface area contributed by atoms with Crippen molar-refractivity contribution in [3.63, 3.8) is 0 Å². The molecule has 90 valence electrons. The lowest BCUT2D eigenvalue weighted by Gasteiger charge is -2.09. The Morgan fingerprint density at radius 2 is 2.24 bits per heavy atom. The summed E-state index contributed by atoms with van der Waals surface area (Å²) in [6, 6.07) is 6.45. The smallest absolute Gasteiger partial charge is 0.165 e. The van der Waals surface area contributed by atoms with Crippen molar-refractivity contribution in [2.75, 3.05) is 0 Å². The van der Waals surface area contributed by atoms with Crippen LogP contribution in [0.2, 0.25) is 0 Å². The molecule has 2 rings (SSSR count). The molecule has 0 aliphatic carbocycles. The van der Waals surface area contributed by atoms with E-state index < -0.39 is 11.9 Å². The Hall–Kier alpha value is -1.39. The highest BCUT2D eigenvalue weighted by molar-refractivity contribution is 7.07. The molecule has 2 aromatic rings. The van der Waals surface area contributed by atoms with Crippen LogP contribution in [0.4, 0.5) is 4.39 Å². The van der Waals surface area contributed by atoms with Gasteiger partial charge in [0.05, 0.1) is 6.10 Å². The van der Waals surface area contributed by atoms with Crippen molar-refractivity contribution in [3.8, 4) is 5.75 Å². The van der Waals surface area contributed by atoms with Crippen LogP contribution in [0.1, 0.15) is 24.2 Å². The normalized spacial score (nSPS) is 12.4. The van der Waals surface area contributed by atoms with E-state index in [1.54, 1.807) is 30.4 Å². The number of benzene rings is 1. The molecule has 0 spiro atoms. The summed E-state index contributed by atoms with van der Waals surface area (Å²) in [4.78, 5) is 0. The van der Waals surface area contributed by atoms with Gasteiger partial charge in [-0.15, -0.1) is 0 Å². The largest absolute Gasteiger partial charge is 0.486 e. The van der Waals surface area contributed by atoms with Crippen LogP contribution in [-0.2, 0) is 6.61 Å². The van der Waals surface area contributed by atoms with Crippen LogP contribution >= 0.6 is 11.3 Å². The second kappa shape index (κ2) is 5.29. The second-order valence-corrected chi connectivity index (χ2v) is 4.57. The Balaban J connectivity index is 2.06. The minimum atomic E-state index is -0.671. The van der Waals surface area contributed by atoms with Crippen LogP contribution in [0.5, 0.6) is 5.75 Å². The molecule has 0 fully saturated rings. The van der Waals surface area contributed by atoms with Crippen LogP contribution < -0.4 is 4.74 Å². The molecule has 1 aromatic carbocycles. The molecule has 17 heavy (non-hydrogen) atoms. The molecular formula is C13H13FO2S. The molecule has 0 amide bonds. The van der Waals surface area contributed by atoms with Crippen LogP contribution in [-0.4, -0.2) is 5.11 Å². The van der Waals surface area contributed by atoms with Crippen molar-refractivity contribution in [2.24, 2.45) is 0 Å². The van der Waals surface area contributed by atoms with Crippen molar-refractivity contribution in [2.45, 2.75) is 19.6 Å². The fourth-order valence-corrected chi connectivity index (χ4v) is 2.08. The van der Waals surface area contributed by atoms with E-state index in [0.717, 1.165) is 5.56 Å². The first-order valence-electron chi connectivity index (χ1n) is 5.28. The zero-order valence-corrected chi connectivity index (χ0v) is 10.2. The SMILES string of the molecule is CC(O)c1ccc(OCc2ccsc2)c(F)c1. The summed E-state index contributed by atoms with van der Waals surface area (Å²) in [6.45, 7) is 1.95. The molecule has 0 radical (unpaired) electrons. The Bertz CT molecular complexity index is 480. The first-order valence-corrected chi connectivity index (χ1v) is 6.22. The molecule has 1 unspecified atom stereocenters. The number of thiophene rings is 1. The summed E-state index contributed by atoms with van der Waals surface area (Å²) >= 11 is 1.58. The Kier molecular flexibility index (Phi) is 3.76. The van der Waals surface area contributed by atoms with Crippen molar-refractivity contribution in [1.29, 1.82) is 0 Å². The molecule has 1 N–H and O–H groups in total. The molecule has 4 heteroatoms. The number of ether oxygens (including phenoxy) is 1. The van der Waals surface area contributed by atoms with E-state index >= 15 is 0 Å². The molecular weight excluding hydrogens is 239 g/mol. The van der Waals surface area contributed by atoms with Gasteiger partial charge in [-0.25, -0.2) is 4.39 Å². The lowest BCUT2D eigenvalue weighted by Crippen LogP contribution is -1.98. The average Bonchev–Trinajstić information content (AvgIpc) is 2.80. The van der Waals surface area contributed by atoms with Gasteiger partial charge in [-0.3, -0.25) is 0 Å². The van der Waals surface area contributed by atoms with Gasteiger partial charge >= 0.3 is 0 Å². The monoisotopic (exact) mass is 252 g/mol. The Labute approximate surface area is 103 Å². The molecule has 1 aromatic heterocycles. The van der Waals surface area contributed by atoms with Crippen LogP contribution in [0.15, 0.2) is 35.0 Å². The first kappa shape index (κ1) is 12.1. The van der Waals surface area contributed by atoms with Gasteiger partial charge < -0.3 is 9.84 Å². The molecule has 1 heterocycles. The topological polar surface area (TPSA) is 29.5 Å². The number of aliphatic hydroxyl groups excluding tert-OH is 1. The maximum atomic E-state index is 13.6. The number of rotatable bonds is 4. The summed E-state index contributed by atoms with van der Waals surface area (Å²) in [5, 5.41) is 13.2. The molecule has 0 aliphatic heterocycles. The standard InChI is InChI=1S/C13H13FO2S/c1-9(15)11-2-3-13(12(14)6-11)16-7-10-4-5-17-8-10/h2-6,8-9,15H,7H2,1H3. The highest BCUT2D eigenvalue weighted by Gasteiger charge is 2.08. The van der Waals surface area contributed by atoms with Crippen LogP contribution in [0.3, 0.4) is 0 Å². The Morgan fingerprint density at radius 1 is 1.41 bits per heavy atom. The maximum Gasteiger partial charge on any atom is 0.165 e. The van der Waals surface area contributed by atoms with Gasteiger partial charge in [-0.2, -0.15) is 11.3 Å². The van der Waals surface area contributed by atoms with E-state index in [1.165, 1.54) is 6.07 Å². The summed E-state index contributed by atoms with van der Waals surface area (Å²) in [5.41, 5.74) is 1.57. The number of halogens is 1. The highest BCUT2D eigenvalue weighted by Crippen LogP contribution is 2.23. The molecule has 2 nitrogen and oxygen atoms in total. The first-order chi connectivity index (χ1) is 8.16. The van der Waals surface area contributed by atoms with E-state index in [2.05, 4.69) is 0 Å².